The normalized spacial score (nSPS) is 15.4. The van der Waals surface area contributed by atoms with Crippen molar-refractivity contribution in [3.8, 4) is 0 Å². The molecule has 22 heavy (non-hydrogen) atoms. The lowest BCUT2D eigenvalue weighted by atomic mass is 9.83. The Balaban J connectivity index is 2.12. The fraction of sp³-hybridized carbons (Fsp3) is 0.316. The summed E-state index contributed by atoms with van der Waals surface area (Å²) in [5, 5.41) is 0. The largest absolute Gasteiger partial charge is 0.465 e. The van der Waals surface area contributed by atoms with E-state index in [1.165, 1.54) is 11.1 Å². The standard InChI is InChI=1S/C19H21NO2/c1-2-22-19(21)18(20)17-15-9-5-3-7-13(15)11-12-14-8-4-6-10-16(14)17/h3-10,17-18H,2,11-12,20H2,1H3/t18-/m0/s1. The zero-order valence-corrected chi connectivity index (χ0v) is 12.8. The highest BCUT2D eigenvalue weighted by molar-refractivity contribution is 5.78. The number of carbonyl (C=O) groups excluding carboxylic acids is 1. The van der Waals surface area contributed by atoms with Gasteiger partial charge in [0.1, 0.15) is 6.04 Å². The number of ether oxygens (including phenoxy) is 1. The van der Waals surface area contributed by atoms with E-state index in [1.807, 2.05) is 24.3 Å². The highest BCUT2D eigenvalue weighted by Crippen LogP contribution is 2.36. The average molecular weight is 295 g/mol. The number of fused-ring (bicyclic) bond motifs is 2. The number of hydrogen-bond donors (Lipinski definition) is 1. The van der Waals surface area contributed by atoms with E-state index in [4.69, 9.17) is 10.5 Å². The molecule has 0 aliphatic heterocycles. The monoisotopic (exact) mass is 295 g/mol. The number of esters is 1. The molecule has 114 valence electrons. The fourth-order valence-corrected chi connectivity index (χ4v) is 3.33. The summed E-state index contributed by atoms with van der Waals surface area (Å²) in [6, 6.07) is 15.9. The molecule has 1 atom stereocenters. The quantitative estimate of drug-likeness (QED) is 0.886. The molecule has 3 nitrogen and oxygen atoms in total. The fourth-order valence-electron chi connectivity index (χ4n) is 3.33. The lowest BCUT2D eigenvalue weighted by Gasteiger charge is -2.25. The molecule has 0 bridgehead atoms. The Morgan fingerprint density at radius 3 is 2.09 bits per heavy atom. The second-order valence-corrected chi connectivity index (χ2v) is 5.65. The van der Waals surface area contributed by atoms with Gasteiger partial charge in [0, 0.05) is 5.92 Å². The topological polar surface area (TPSA) is 52.3 Å². The van der Waals surface area contributed by atoms with Crippen LogP contribution >= 0.6 is 0 Å². The van der Waals surface area contributed by atoms with Gasteiger partial charge in [0.15, 0.2) is 0 Å². The Kier molecular flexibility index (Phi) is 4.25. The van der Waals surface area contributed by atoms with Crippen molar-refractivity contribution in [2.24, 2.45) is 5.73 Å². The molecule has 0 spiro atoms. The van der Waals surface area contributed by atoms with Crippen molar-refractivity contribution < 1.29 is 9.53 Å². The predicted octanol–water partition coefficient (Wildman–Crippen LogP) is 2.81. The first-order valence-corrected chi connectivity index (χ1v) is 7.80. The zero-order chi connectivity index (χ0) is 15.5. The van der Waals surface area contributed by atoms with Gasteiger partial charge < -0.3 is 10.5 Å². The summed E-state index contributed by atoms with van der Waals surface area (Å²) in [4.78, 5) is 12.2. The van der Waals surface area contributed by atoms with E-state index in [-0.39, 0.29) is 11.9 Å². The molecule has 2 N–H and O–H groups in total. The molecule has 0 fully saturated rings. The number of nitrogens with two attached hydrogens (primary N) is 1. The van der Waals surface area contributed by atoms with Crippen LogP contribution < -0.4 is 5.73 Å². The third kappa shape index (κ3) is 2.64. The van der Waals surface area contributed by atoms with Crippen molar-refractivity contribution in [3.63, 3.8) is 0 Å². The van der Waals surface area contributed by atoms with Crippen molar-refractivity contribution in [2.75, 3.05) is 6.61 Å². The Labute approximate surface area is 131 Å². The molecule has 0 unspecified atom stereocenters. The Morgan fingerprint density at radius 2 is 1.59 bits per heavy atom. The van der Waals surface area contributed by atoms with Gasteiger partial charge in [0.2, 0.25) is 0 Å². The minimum absolute atomic E-state index is 0.144. The highest BCUT2D eigenvalue weighted by atomic mass is 16.5. The minimum atomic E-state index is -0.680. The molecule has 0 amide bonds. The molecule has 1 aliphatic carbocycles. The maximum absolute atomic E-state index is 12.2. The van der Waals surface area contributed by atoms with E-state index < -0.39 is 6.04 Å². The van der Waals surface area contributed by atoms with E-state index >= 15 is 0 Å². The number of carbonyl (C=O) groups is 1. The number of hydrogen-bond acceptors (Lipinski definition) is 3. The minimum Gasteiger partial charge on any atom is -0.465 e. The van der Waals surface area contributed by atoms with E-state index in [0.717, 1.165) is 24.0 Å². The lowest BCUT2D eigenvalue weighted by Crippen LogP contribution is -2.39. The van der Waals surface area contributed by atoms with E-state index in [9.17, 15) is 4.79 Å². The van der Waals surface area contributed by atoms with E-state index in [0.29, 0.717) is 6.61 Å². The van der Waals surface area contributed by atoms with Gasteiger partial charge in [0.05, 0.1) is 6.61 Å². The predicted molar refractivity (Wildman–Crippen MR) is 86.7 cm³/mol. The molecule has 0 saturated heterocycles. The van der Waals surface area contributed by atoms with Crippen molar-refractivity contribution in [1.82, 2.24) is 0 Å². The van der Waals surface area contributed by atoms with Crippen LogP contribution in [0.2, 0.25) is 0 Å². The van der Waals surface area contributed by atoms with Crippen LogP contribution in [0, 0.1) is 0 Å². The van der Waals surface area contributed by atoms with Crippen LogP contribution in [0.4, 0.5) is 0 Å². The summed E-state index contributed by atoms with van der Waals surface area (Å²) in [6.45, 7) is 2.15. The van der Waals surface area contributed by atoms with Crippen LogP contribution in [-0.4, -0.2) is 18.6 Å². The molecular formula is C19H21NO2. The molecule has 0 aromatic heterocycles. The van der Waals surface area contributed by atoms with Gasteiger partial charge in [-0.1, -0.05) is 48.5 Å². The van der Waals surface area contributed by atoms with Gasteiger partial charge >= 0.3 is 5.97 Å². The molecule has 2 aromatic rings. The summed E-state index contributed by atoms with van der Waals surface area (Å²) in [6.07, 6.45) is 1.94. The van der Waals surface area contributed by atoms with Gasteiger partial charge in [-0.2, -0.15) is 0 Å². The Morgan fingerprint density at radius 1 is 1.09 bits per heavy atom. The SMILES string of the molecule is CCOC(=O)[C@@H](N)C1c2ccccc2CCc2ccccc21. The molecule has 1 aliphatic rings. The van der Waals surface area contributed by atoms with Crippen molar-refractivity contribution in [1.29, 1.82) is 0 Å². The van der Waals surface area contributed by atoms with Crippen LogP contribution in [0.1, 0.15) is 35.1 Å². The van der Waals surface area contributed by atoms with Gasteiger partial charge in [-0.15, -0.1) is 0 Å². The van der Waals surface area contributed by atoms with Crippen LogP contribution in [0.3, 0.4) is 0 Å². The zero-order valence-electron chi connectivity index (χ0n) is 12.8. The summed E-state index contributed by atoms with van der Waals surface area (Å²) in [5.74, 6) is -0.479. The summed E-state index contributed by atoms with van der Waals surface area (Å²) >= 11 is 0. The van der Waals surface area contributed by atoms with Gasteiger partial charge in [-0.25, -0.2) is 0 Å². The second-order valence-electron chi connectivity index (χ2n) is 5.65. The molecule has 3 rings (SSSR count). The second kappa shape index (κ2) is 6.32. The van der Waals surface area contributed by atoms with E-state index in [2.05, 4.69) is 24.3 Å². The summed E-state index contributed by atoms with van der Waals surface area (Å²) in [7, 11) is 0. The van der Waals surface area contributed by atoms with E-state index in [1.54, 1.807) is 6.92 Å². The third-order valence-corrected chi connectivity index (χ3v) is 4.36. The van der Waals surface area contributed by atoms with Crippen LogP contribution in [-0.2, 0) is 22.4 Å². The number of aryl methyl sites for hydroxylation is 2. The van der Waals surface area contributed by atoms with Crippen LogP contribution in [0.15, 0.2) is 48.5 Å². The van der Waals surface area contributed by atoms with Crippen molar-refractivity contribution in [2.45, 2.75) is 31.7 Å². The van der Waals surface area contributed by atoms with Crippen molar-refractivity contribution >= 4 is 5.97 Å². The highest BCUT2D eigenvalue weighted by Gasteiger charge is 2.33. The first-order chi connectivity index (χ1) is 10.7. The third-order valence-electron chi connectivity index (χ3n) is 4.36. The first-order valence-electron chi connectivity index (χ1n) is 7.80. The van der Waals surface area contributed by atoms with Gasteiger partial charge in [-0.3, -0.25) is 4.79 Å². The Bertz CT molecular complexity index is 633. The van der Waals surface area contributed by atoms with Gasteiger partial charge in [-0.05, 0) is 42.0 Å². The lowest BCUT2D eigenvalue weighted by molar-refractivity contribution is -0.145. The summed E-state index contributed by atoms with van der Waals surface area (Å²) < 4.78 is 5.16. The van der Waals surface area contributed by atoms with Crippen molar-refractivity contribution in [3.05, 3.63) is 70.8 Å². The maximum atomic E-state index is 12.2. The molecule has 2 aromatic carbocycles. The summed E-state index contributed by atoms with van der Waals surface area (Å²) in [5.41, 5.74) is 11.1. The van der Waals surface area contributed by atoms with Gasteiger partial charge in [0.25, 0.3) is 0 Å². The number of benzene rings is 2. The molecular weight excluding hydrogens is 274 g/mol. The molecule has 3 heteroatoms. The van der Waals surface area contributed by atoms with Crippen LogP contribution in [0.5, 0.6) is 0 Å². The molecule has 0 radical (unpaired) electrons. The molecule has 0 heterocycles. The molecule has 0 saturated carbocycles. The van der Waals surface area contributed by atoms with Crippen LogP contribution in [0.25, 0.3) is 0 Å². The number of rotatable bonds is 3. The first kappa shape index (κ1) is 14.8. The smallest absolute Gasteiger partial charge is 0.323 e. The Hall–Kier alpha value is -2.13. The average Bonchev–Trinajstić information content (AvgIpc) is 2.71. The maximum Gasteiger partial charge on any atom is 0.323 e.